The summed E-state index contributed by atoms with van der Waals surface area (Å²) in [5.41, 5.74) is 1.77. The van der Waals surface area contributed by atoms with E-state index in [1.807, 2.05) is 0 Å². The lowest BCUT2D eigenvalue weighted by atomic mass is 10.1. The molecule has 0 aliphatic heterocycles. The third kappa shape index (κ3) is 3.30. The number of carbonyl (C=O) groups excluding carboxylic acids is 1. The highest BCUT2D eigenvalue weighted by Crippen LogP contribution is 2.25. The Bertz CT molecular complexity index is 656. The van der Waals surface area contributed by atoms with Crippen LogP contribution in [0.2, 0.25) is 0 Å². The second-order valence-corrected chi connectivity index (χ2v) is 5.25. The van der Waals surface area contributed by atoms with E-state index in [4.69, 9.17) is 4.74 Å². The second kappa shape index (κ2) is 5.96. The first-order valence-electron chi connectivity index (χ1n) is 5.95. The quantitative estimate of drug-likeness (QED) is 0.898. The van der Waals surface area contributed by atoms with Crippen LogP contribution in [-0.4, -0.2) is 18.1 Å². The van der Waals surface area contributed by atoms with Gasteiger partial charge in [0, 0.05) is 21.8 Å². The number of carbonyl (C=O) groups is 1. The van der Waals surface area contributed by atoms with Crippen LogP contribution in [0.5, 0.6) is 11.5 Å². The van der Waals surface area contributed by atoms with Crippen LogP contribution in [0.3, 0.4) is 0 Å². The third-order valence-electron chi connectivity index (χ3n) is 2.82. The number of aryl methyl sites for hydroxylation is 1. The number of hydrogen-bond acceptors (Lipinski definition) is 3. The number of amides is 1. The molecule has 2 aromatic carbocycles. The normalized spacial score (nSPS) is 10.2. The maximum Gasteiger partial charge on any atom is 0.255 e. The lowest BCUT2D eigenvalue weighted by molar-refractivity contribution is 0.102. The Labute approximate surface area is 125 Å². The number of nitrogens with one attached hydrogen (secondary N) is 1. The summed E-state index contributed by atoms with van der Waals surface area (Å²) in [6, 6.07) is 10.0. The van der Waals surface area contributed by atoms with Crippen LogP contribution in [-0.2, 0) is 0 Å². The minimum absolute atomic E-state index is 0.172. The van der Waals surface area contributed by atoms with Gasteiger partial charge < -0.3 is 15.2 Å². The van der Waals surface area contributed by atoms with Gasteiger partial charge in [-0.05, 0) is 42.8 Å². The van der Waals surface area contributed by atoms with E-state index in [-0.39, 0.29) is 11.7 Å². The first kappa shape index (κ1) is 14.4. The van der Waals surface area contributed by atoms with Crippen molar-refractivity contribution in [2.24, 2.45) is 0 Å². The number of rotatable bonds is 3. The molecule has 0 atom stereocenters. The molecule has 2 rings (SSSR count). The first-order valence-corrected chi connectivity index (χ1v) is 6.74. The van der Waals surface area contributed by atoms with E-state index < -0.39 is 0 Å². The molecule has 0 aliphatic rings. The molecule has 0 radical (unpaired) electrons. The SMILES string of the molecule is COc1cc(Br)cc(NC(=O)c2ccc(O)c(C)c2)c1. The van der Waals surface area contributed by atoms with Crippen molar-refractivity contribution in [2.75, 3.05) is 12.4 Å². The van der Waals surface area contributed by atoms with Crippen LogP contribution in [0, 0.1) is 6.92 Å². The summed E-state index contributed by atoms with van der Waals surface area (Å²) in [7, 11) is 1.57. The molecule has 4 nitrogen and oxygen atoms in total. The van der Waals surface area contributed by atoms with Gasteiger partial charge in [0.2, 0.25) is 0 Å². The Hall–Kier alpha value is -2.01. The average molecular weight is 336 g/mol. The summed E-state index contributed by atoms with van der Waals surface area (Å²) in [5, 5.41) is 12.3. The smallest absolute Gasteiger partial charge is 0.255 e. The summed E-state index contributed by atoms with van der Waals surface area (Å²) in [6.07, 6.45) is 0. The molecule has 5 heteroatoms. The van der Waals surface area contributed by atoms with Gasteiger partial charge in [0.1, 0.15) is 11.5 Å². The fraction of sp³-hybridized carbons (Fsp3) is 0.133. The monoisotopic (exact) mass is 335 g/mol. The molecule has 0 aromatic heterocycles. The van der Waals surface area contributed by atoms with Crippen LogP contribution >= 0.6 is 15.9 Å². The van der Waals surface area contributed by atoms with E-state index in [1.54, 1.807) is 44.4 Å². The average Bonchev–Trinajstić information content (AvgIpc) is 2.41. The van der Waals surface area contributed by atoms with Gasteiger partial charge in [-0.1, -0.05) is 15.9 Å². The Balaban J connectivity index is 2.23. The molecule has 0 saturated carbocycles. The maximum atomic E-state index is 12.1. The molecule has 0 saturated heterocycles. The largest absolute Gasteiger partial charge is 0.508 e. The maximum absolute atomic E-state index is 12.1. The molecular weight excluding hydrogens is 322 g/mol. The fourth-order valence-electron chi connectivity index (χ4n) is 1.75. The van der Waals surface area contributed by atoms with Crippen molar-refractivity contribution >= 4 is 27.5 Å². The van der Waals surface area contributed by atoms with Crippen molar-refractivity contribution < 1.29 is 14.6 Å². The van der Waals surface area contributed by atoms with Crippen LogP contribution in [0.15, 0.2) is 40.9 Å². The number of phenolic OH excluding ortho intramolecular Hbond substituents is 1. The van der Waals surface area contributed by atoms with E-state index in [9.17, 15) is 9.90 Å². The molecule has 0 spiro atoms. The second-order valence-electron chi connectivity index (χ2n) is 4.34. The van der Waals surface area contributed by atoms with Crippen LogP contribution < -0.4 is 10.1 Å². The molecule has 2 aromatic rings. The molecular formula is C15H14BrNO3. The van der Waals surface area contributed by atoms with Crippen LogP contribution in [0.1, 0.15) is 15.9 Å². The minimum atomic E-state index is -0.242. The zero-order chi connectivity index (χ0) is 14.7. The van der Waals surface area contributed by atoms with Crippen LogP contribution in [0.25, 0.3) is 0 Å². The molecule has 0 unspecified atom stereocenters. The lowest BCUT2D eigenvalue weighted by Crippen LogP contribution is -2.12. The highest BCUT2D eigenvalue weighted by molar-refractivity contribution is 9.10. The standard InChI is InChI=1S/C15H14BrNO3/c1-9-5-10(3-4-14(9)18)15(19)17-12-6-11(16)7-13(8-12)20-2/h3-8,18H,1-2H3,(H,17,19). The highest BCUT2D eigenvalue weighted by Gasteiger charge is 2.09. The number of hydrogen-bond donors (Lipinski definition) is 2. The molecule has 2 N–H and O–H groups in total. The van der Waals surface area contributed by atoms with Crippen molar-refractivity contribution in [1.29, 1.82) is 0 Å². The summed E-state index contributed by atoms with van der Waals surface area (Å²) in [5.74, 6) is 0.579. The Morgan fingerprint density at radius 3 is 2.65 bits per heavy atom. The van der Waals surface area contributed by atoms with E-state index in [0.29, 0.717) is 22.6 Å². The zero-order valence-electron chi connectivity index (χ0n) is 11.1. The third-order valence-corrected chi connectivity index (χ3v) is 3.28. The van der Waals surface area contributed by atoms with Gasteiger partial charge in [-0.2, -0.15) is 0 Å². The predicted molar refractivity (Wildman–Crippen MR) is 81.5 cm³/mol. The molecule has 0 aliphatic carbocycles. The molecule has 20 heavy (non-hydrogen) atoms. The number of methoxy groups -OCH3 is 1. The van der Waals surface area contributed by atoms with Crippen LogP contribution in [0.4, 0.5) is 5.69 Å². The van der Waals surface area contributed by atoms with Crippen molar-refractivity contribution in [1.82, 2.24) is 0 Å². The number of halogens is 1. The van der Waals surface area contributed by atoms with Crippen molar-refractivity contribution in [3.05, 3.63) is 52.0 Å². The Morgan fingerprint density at radius 1 is 1.25 bits per heavy atom. The fourth-order valence-corrected chi connectivity index (χ4v) is 2.22. The minimum Gasteiger partial charge on any atom is -0.508 e. The summed E-state index contributed by atoms with van der Waals surface area (Å²) in [4.78, 5) is 12.1. The first-order chi connectivity index (χ1) is 9.49. The lowest BCUT2D eigenvalue weighted by Gasteiger charge is -2.09. The van der Waals surface area contributed by atoms with E-state index >= 15 is 0 Å². The van der Waals surface area contributed by atoms with E-state index in [0.717, 1.165) is 4.47 Å². The topological polar surface area (TPSA) is 58.6 Å². The molecule has 0 fully saturated rings. The van der Waals surface area contributed by atoms with Crippen molar-refractivity contribution in [3.63, 3.8) is 0 Å². The number of anilines is 1. The molecule has 0 heterocycles. The summed E-state index contributed by atoms with van der Waals surface area (Å²) in [6.45, 7) is 1.74. The summed E-state index contributed by atoms with van der Waals surface area (Å²) < 4.78 is 5.96. The van der Waals surface area contributed by atoms with Gasteiger partial charge >= 0.3 is 0 Å². The molecule has 0 bridgehead atoms. The predicted octanol–water partition coefficient (Wildman–Crippen LogP) is 3.72. The Morgan fingerprint density at radius 2 is 2.00 bits per heavy atom. The van der Waals surface area contributed by atoms with Gasteiger partial charge in [-0.15, -0.1) is 0 Å². The van der Waals surface area contributed by atoms with Gasteiger partial charge in [-0.25, -0.2) is 0 Å². The van der Waals surface area contributed by atoms with E-state index in [2.05, 4.69) is 21.2 Å². The van der Waals surface area contributed by atoms with Gasteiger partial charge in [0.05, 0.1) is 7.11 Å². The number of benzene rings is 2. The van der Waals surface area contributed by atoms with Gasteiger partial charge in [0.15, 0.2) is 0 Å². The summed E-state index contributed by atoms with van der Waals surface area (Å²) >= 11 is 3.36. The Kier molecular flexibility index (Phi) is 4.29. The molecule has 104 valence electrons. The van der Waals surface area contributed by atoms with Gasteiger partial charge in [0.25, 0.3) is 5.91 Å². The number of phenols is 1. The highest BCUT2D eigenvalue weighted by atomic mass is 79.9. The number of ether oxygens (including phenoxy) is 1. The number of aromatic hydroxyl groups is 1. The van der Waals surface area contributed by atoms with Gasteiger partial charge in [-0.3, -0.25) is 4.79 Å². The zero-order valence-corrected chi connectivity index (χ0v) is 12.7. The van der Waals surface area contributed by atoms with E-state index in [1.165, 1.54) is 6.07 Å². The van der Waals surface area contributed by atoms with Crippen molar-refractivity contribution in [2.45, 2.75) is 6.92 Å². The van der Waals surface area contributed by atoms with Crippen molar-refractivity contribution in [3.8, 4) is 11.5 Å². The molecule has 1 amide bonds.